The highest BCUT2D eigenvalue weighted by Gasteiger charge is 2.15. The van der Waals surface area contributed by atoms with Gasteiger partial charge in [0.15, 0.2) is 12.6 Å². The molecule has 0 fully saturated rings. The van der Waals surface area contributed by atoms with Crippen molar-refractivity contribution in [2.45, 2.75) is 19.5 Å². The van der Waals surface area contributed by atoms with Gasteiger partial charge in [-0.25, -0.2) is 9.59 Å². The standard InChI is InChI=1S/C15H16N2O5.C13H10N2O4.ClH/c1-20-15(21-2)12-5-6-16-8-13(12)22-9-11-4-3-10(7-17-11)14(18)19;16-7-10-3-4-14-6-12(10)19-8-11-2-1-9(5-15-11)13(17)18;/h3-8,15H,9H2,1-2H3,(H,18,19);1-7H,8H2,(H,17,18);1H. The maximum Gasteiger partial charge on any atom is 0.337 e. The van der Waals surface area contributed by atoms with Crippen molar-refractivity contribution in [1.29, 1.82) is 0 Å². The Hall–Kier alpha value is -4.98. The van der Waals surface area contributed by atoms with Crippen molar-refractivity contribution >= 4 is 30.6 Å². The molecule has 0 saturated carbocycles. The Kier molecular flexibility index (Phi) is 13.4. The van der Waals surface area contributed by atoms with Gasteiger partial charge < -0.3 is 29.2 Å². The number of aldehydes is 1. The molecule has 0 aliphatic heterocycles. The molecule has 0 bridgehead atoms. The summed E-state index contributed by atoms with van der Waals surface area (Å²) in [6.07, 6.45) is 8.78. The van der Waals surface area contributed by atoms with E-state index in [0.717, 1.165) is 0 Å². The number of rotatable bonds is 12. The van der Waals surface area contributed by atoms with Gasteiger partial charge in [0.05, 0.1) is 46.0 Å². The number of carbonyl (C=O) groups is 3. The van der Waals surface area contributed by atoms with E-state index in [0.29, 0.717) is 40.3 Å². The number of halogens is 1. The Morgan fingerprint density at radius 1 is 0.762 bits per heavy atom. The van der Waals surface area contributed by atoms with Crippen molar-refractivity contribution in [2.75, 3.05) is 14.2 Å². The molecule has 4 heterocycles. The van der Waals surface area contributed by atoms with Crippen LogP contribution in [0.15, 0.2) is 73.6 Å². The molecule has 0 atom stereocenters. The molecule has 0 amide bonds. The van der Waals surface area contributed by atoms with Crippen LogP contribution in [0, 0.1) is 0 Å². The van der Waals surface area contributed by atoms with Gasteiger partial charge in [0.1, 0.15) is 24.7 Å². The zero-order valence-electron chi connectivity index (χ0n) is 22.4. The molecule has 0 radical (unpaired) electrons. The van der Waals surface area contributed by atoms with Crippen molar-refractivity contribution in [1.82, 2.24) is 19.9 Å². The summed E-state index contributed by atoms with van der Waals surface area (Å²) in [4.78, 5) is 48.1. The second-order valence-electron chi connectivity index (χ2n) is 8.01. The zero-order chi connectivity index (χ0) is 29.6. The fourth-order valence-corrected chi connectivity index (χ4v) is 3.24. The number of hydrogen-bond donors (Lipinski definition) is 2. The van der Waals surface area contributed by atoms with Gasteiger partial charge in [-0.15, -0.1) is 12.4 Å². The molecule has 13 nitrogen and oxygen atoms in total. The Morgan fingerprint density at radius 2 is 1.26 bits per heavy atom. The maximum atomic E-state index is 10.8. The summed E-state index contributed by atoms with van der Waals surface area (Å²) in [5.74, 6) is -1.17. The van der Waals surface area contributed by atoms with E-state index in [1.807, 2.05) is 0 Å². The summed E-state index contributed by atoms with van der Waals surface area (Å²) in [5.41, 5.74) is 2.51. The number of methoxy groups -OCH3 is 2. The fraction of sp³-hybridized carbons (Fsp3) is 0.179. The second-order valence-corrected chi connectivity index (χ2v) is 8.01. The lowest BCUT2D eigenvalue weighted by atomic mass is 10.2. The third-order valence-corrected chi connectivity index (χ3v) is 5.34. The predicted molar refractivity (Wildman–Crippen MR) is 149 cm³/mol. The van der Waals surface area contributed by atoms with E-state index < -0.39 is 18.2 Å². The SMILES string of the molecule is COC(OC)c1ccncc1OCc1ccc(C(=O)O)cn1.Cl.O=Cc1ccncc1OCc1ccc(C(=O)O)cn1. The van der Waals surface area contributed by atoms with Gasteiger partial charge in [-0.3, -0.25) is 24.7 Å². The van der Waals surface area contributed by atoms with E-state index in [1.54, 1.807) is 36.7 Å². The molecule has 0 aliphatic carbocycles. The topological polar surface area (TPSA) is 180 Å². The predicted octanol–water partition coefficient (Wildman–Crippen LogP) is 4.03. The van der Waals surface area contributed by atoms with E-state index in [2.05, 4.69) is 19.9 Å². The monoisotopic (exact) mass is 598 g/mol. The quantitative estimate of drug-likeness (QED) is 0.176. The average Bonchev–Trinajstić information content (AvgIpc) is 3.01. The van der Waals surface area contributed by atoms with Crippen LogP contribution >= 0.6 is 12.4 Å². The first-order chi connectivity index (χ1) is 19.9. The molecule has 0 unspecified atom stereocenters. The van der Waals surface area contributed by atoms with Crippen molar-refractivity contribution < 1.29 is 43.5 Å². The molecule has 0 saturated heterocycles. The first-order valence-corrected chi connectivity index (χ1v) is 11.9. The molecule has 220 valence electrons. The number of ether oxygens (including phenoxy) is 4. The van der Waals surface area contributed by atoms with Crippen LogP contribution in [0.5, 0.6) is 11.5 Å². The van der Waals surface area contributed by atoms with Crippen LogP contribution in [0.25, 0.3) is 0 Å². The third-order valence-electron chi connectivity index (χ3n) is 5.34. The normalized spacial score (nSPS) is 10.1. The zero-order valence-corrected chi connectivity index (χ0v) is 23.3. The maximum absolute atomic E-state index is 10.8. The van der Waals surface area contributed by atoms with E-state index in [4.69, 9.17) is 29.2 Å². The van der Waals surface area contributed by atoms with Crippen LogP contribution < -0.4 is 9.47 Å². The number of hydrogen-bond acceptors (Lipinski definition) is 11. The molecule has 0 aromatic carbocycles. The Labute approximate surface area is 246 Å². The number of nitrogens with zero attached hydrogens (tertiary/aromatic N) is 4. The van der Waals surface area contributed by atoms with Crippen LogP contribution in [0.3, 0.4) is 0 Å². The number of carboxylic acid groups (broad SMARTS) is 2. The highest BCUT2D eigenvalue weighted by atomic mass is 35.5. The number of aromatic carboxylic acids is 2. The van der Waals surface area contributed by atoms with Gasteiger partial charge in [-0.1, -0.05) is 0 Å². The number of aromatic nitrogens is 4. The van der Waals surface area contributed by atoms with E-state index in [-0.39, 0.29) is 36.7 Å². The number of carbonyl (C=O) groups excluding carboxylic acids is 1. The third kappa shape index (κ3) is 9.59. The Morgan fingerprint density at radius 3 is 1.71 bits per heavy atom. The van der Waals surface area contributed by atoms with Crippen LogP contribution in [0.2, 0.25) is 0 Å². The van der Waals surface area contributed by atoms with Crippen LogP contribution in [0.4, 0.5) is 0 Å². The smallest absolute Gasteiger partial charge is 0.337 e. The molecule has 14 heteroatoms. The summed E-state index contributed by atoms with van der Waals surface area (Å²) in [7, 11) is 3.06. The molecule has 0 aliphatic rings. The minimum atomic E-state index is -1.03. The first kappa shape index (κ1) is 33.2. The van der Waals surface area contributed by atoms with Gasteiger partial charge >= 0.3 is 11.9 Å². The summed E-state index contributed by atoms with van der Waals surface area (Å²) < 4.78 is 21.5. The number of carboxylic acids is 2. The van der Waals surface area contributed by atoms with E-state index in [1.165, 1.54) is 51.1 Å². The summed E-state index contributed by atoms with van der Waals surface area (Å²) in [6, 6.07) is 9.37. The highest BCUT2D eigenvalue weighted by molar-refractivity contribution is 5.87. The first-order valence-electron chi connectivity index (χ1n) is 11.9. The average molecular weight is 599 g/mol. The molecule has 42 heavy (non-hydrogen) atoms. The van der Waals surface area contributed by atoms with Gasteiger partial charge in [-0.05, 0) is 36.4 Å². The summed E-state index contributed by atoms with van der Waals surface area (Å²) in [6.45, 7) is 0.311. The van der Waals surface area contributed by atoms with Gasteiger partial charge in [-0.2, -0.15) is 0 Å². The molecule has 0 spiro atoms. The molecule has 4 aromatic heterocycles. The van der Waals surface area contributed by atoms with Gasteiger partial charge in [0.25, 0.3) is 0 Å². The van der Waals surface area contributed by atoms with Gasteiger partial charge in [0.2, 0.25) is 0 Å². The van der Waals surface area contributed by atoms with Crippen molar-refractivity contribution in [3.05, 3.63) is 107 Å². The molecule has 2 N–H and O–H groups in total. The largest absolute Gasteiger partial charge is 0.485 e. The van der Waals surface area contributed by atoms with E-state index in [9.17, 15) is 14.4 Å². The van der Waals surface area contributed by atoms with Crippen LogP contribution in [0.1, 0.15) is 54.3 Å². The summed E-state index contributed by atoms with van der Waals surface area (Å²) >= 11 is 0. The number of pyridine rings is 4. The van der Waals surface area contributed by atoms with Crippen LogP contribution in [-0.2, 0) is 22.7 Å². The lowest BCUT2D eigenvalue weighted by Gasteiger charge is -2.17. The minimum absolute atomic E-state index is 0. The molecule has 4 aromatic rings. The van der Waals surface area contributed by atoms with E-state index >= 15 is 0 Å². The lowest BCUT2D eigenvalue weighted by molar-refractivity contribution is -0.107. The Bertz CT molecular complexity index is 1450. The fourth-order valence-electron chi connectivity index (χ4n) is 3.24. The second kappa shape index (κ2) is 17.0. The van der Waals surface area contributed by atoms with Crippen molar-refractivity contribution in [3.8, 4) is 11.5 Å². The molecular formula is C28H27ClN4O9. The molecule has 4 rings (SSSR count). The molecular weight excluding hydrogens is 572 g/mol. The van der Waals surface area contributed by atoms with Crippen molar-refractivity contribution in [2.24, 2.45) is 0 Å². The summed E-state index contributed by atoms with van der Waals surface area (Å²) in [5, 5.41) is 17.6. The van der Waals surface area contributed by atoms with Crippen molar-refractivity contribution in [3.63, 3.8) is 0 Å². The van der Waals surface area contributed by atoms with Crippen LogP contribution in [-0.4, -0.2) is 62.6 Å². The minimum Gasteiger partial charge on any atom is -0.485 e. The lowest BCUT2D eigenvalue weighted by Crippen LogP contribution is -2.08. The highest BCUT2D eigenvalue weighted by Crippen LogP contribution is 2.27. The van der Waals surface area contributed by atoms with Gasteiger partial charge in [0, 0.05) is 39.0 Å². The Balaban J connectivity index is 0.000000289.